The molecule has 3 rings (SSSR count). The Hall–Kier alpha value is -3.41. The van der Waals surface area contributed by atoms with Crippen LogP contribution in [-0.2, 0) is 13.1 Å². The van der Waals surface area contributed by atoms with Crippen molar-refractivity contribution in [3.8, 4) is 0 Å². The van der Waals surface area contributed by atoms with Crippen LogP contribution in [0.5, 0.6) is 0 Å². The Morgan fingerprint density at radius 1 is 1.10 bits per heavy atom. The van der Waals surface area contributed by atoms with Crippen LogP contribution in [0.15, 0.2) is 72.9 Å². The summed E-state index contributed by atoms with van der Waals surface area (Å²) in [7, 11) is 0. The van der Waals surface area contributed by atoms with E-state index < -0.39 is 4.92 Å². The van der Waals surface area contributed by atoms with Crippen LogP contribution in [0.2, 0.25) is 0 Å². The first-order valence-electron chi connectivity index (χ1n) is 9.73. The SMILES string of the molecule is CCC(C)N(Cc1cccn1Cc1ccccc1)C(=O)c1cccc([N+](=O)[O-])c1. The van der Waals surface area contributed by atoms with E-state index in [0.29, 0.717) is 12.1 Å². The Labute approximate surface area is 170 Å². The fourth-order valence-corrected chi connectivity index (χ4v) is 3.27. The summed E-state index contributed by atoms with van der Waals surface area (Å²) in [5.74, 6) is -0.199. The minimum Gasteiger partial charge on any atom is -0.345 e. The van der Waals surface area contributed by atoms with Gasteiger partial charge in [-0.1, -0.05) is 43.3 Å². The van der Waals surface area contributed by atoms with Crippen LogP contribution in [-0.4, -0.2) is 26.3 Å². The molecule has 150 valence electrons. The van der Waals surface area contributed by atoms with Gasteiger partial charge in [-0.2, -0.15) is 0 Å². The maximum Gasteiger partial charge on any atom is 0.270 e. The maximum atomic E-state index is 13.2. The van der Waals surface area contributed by atoms with E-state index in [9.17, 15) is 14.9 Å². The van der Waals surface area contributed by atoms with Gasteiger partial charge in [0.05, 0.1) is 11.5 Å². The molecule has 0 spiro atoms. The van der Waals surface area contributed by atoms with Gasteiger partial charge in [0.1, 0.15) is 0 Å². The third kappa shape index (κ3) is 4.90. The summed E-state index contributed by atoms with van der Waals surface area (Å²) in [4.78, 5) is 25.6. The molecule has 0 aliphatic carbocycles. The van der Waals surface area contributed by atoms with Crippen LogP contribution in [0.3, 0.4) is 0 Å². The highest BCUT2D eigenvalue weighted by atomic mass is 16.6. The molecule has 29 heavy (non-hydrogen) atoms. The van der Waals surface area contributed by atoms with E-state index in [-0.39, 0.29) is 17.6 Å². The van der Waals surface area contributed by atoms with E-state index in [2.05, 4.69) is 16.7 Å². The maximum absolute atomic E-state index is 13.2. The zero-order chi connectivity index (χ0) is 20.8. The predicted octanol–water partition coefficient (Wildman–Crippen LogP) is 4.89. The van der Waals surface area contributed by atoms with Crippen molar-refractivity contribution in [3.05, 3.63) is 99.9 Å². The summed E-state index contributed by atoms with van der Waals surface area (Å²) in [6, 6.07) is 20.1. The number of nitro groups is 1. The van der Waals surface area contributed by atoms with E-state index in [1.807, 2.05) is 50.4 Å². The van der Waals surface area contributed by atoms with Gasteiger partial charge in [0.15, 0.2) is 0 Å². The summed E-state index contributed by atoms with van der Waals surface area (Å²) < 4.78 is 2.13. The first-order chi connectivity index (χ1) is 14.0. The van der Waals surface area contributed by atoms with Crippen molar-refractivity contribution in [2.75, 3.05) is 0 Å². The Kier molecular flexibility index (Phi) is 6.44. The highest BCUT2D eigenvalue weighted by molar-refractivity contribution is 5.95. The summed E-state index contributed by atoms with van der Waals surface area (Å²) in [5.41, 5.74) is 2.46. The molecule has 0 aliphatic heterocycles. The average Bonchev–Trinajstić information content (AvgIpc) is 3.18. The molecule has 1 aromatic heterocycles. The lowest BCUT2D eigenvalue weighted by atomic mass is 10.1. The number of carbonyl (C=O) groups is 1. The van der Waals surface area contributed by atoms with Crippen LogP contribution in [0.1, 0.15) is 41.9 Å². The lowest BCUT2D eigenvalue weighted by Crippen LogP contribution is -2.38. The predicted molar refractivity (Wildman–Crippen MR) is 113 cm³/mol. The van der Waals surface area contributed by atoms with Gasteiger partial charge in [-0.25, -0.2) is 0 Å². The molecule has 1 amide bonds. The number of non-ortho nitro benzene ring substituents is 1. The van der Waals surface area contributed by atoms with Gasteiger partial charge in [-0.15, -0.1) is 0 Å². The van der Waals surface area contributed by atoms with Gasteiger partial charge in [-0.3, -0.25) is 14.9 Å². The van der Waals surface area contributed by atoms with E-state index in [1.54, 1.807) is 17.0 Å². The Bertz CT molecular complexity index is 982. The molecule has 3 aromatic rings. The first-order valence-corrected chi connectivity index (χ1v) is 9.73. The molecule has 1 atom stereocenters. The lowest BCUT2D eigenvalue weighted by Gasteiger charge is -2.29. The van der Waals surface area contributed by atoms with Crippen molar-refractivity contribution in [1.82, 2.24) is 9.47 Å². The van der Waals surface area contributed by atoms with Crippen molar-refractivity contribution >= 4 is 11.6 Å². The van der Waals surface area contributed by atoms with E-state index in [1.165, 1.54) is 17.7 Å². The molecular formula is C23H25N3O3. The first kappa shape index (κ1) is 20.3. The van der Waals surface area contributed by atoms with Crippen molar-refractivity contribution in [3.63, 3.8) is 0 Å². The highest BCUT2D eigenvalue weighted by Gasteiger charge is 2.23. The topological polar surface area (TPSA) is 68.4 Å². The monoisotopic (exact) mass is 391 g/mol. The van der Waals surface area contributed by atoms with E-state index >= 15 is 0 Å². The molecule has 1 heterocycles. The number of hydrogen-bond donors (Lipinski definition) is 0. The molecule has 0 bridgehead atoms. The molecule has 6 heteroatoms. The number of nitrogens with zero attached hydrogens (tertiary/aromatic N) is 3. The van der Waals surface area contributed by atoms with Gasteiger partial charge in [-0.05, 0) is 37.1 Å². The van der Waals surface area contributed by atoms with Crippen molar-refractivity contribution in [2.24, 2.45) is 0 Å². The number of hydrogen-bond acceptors (Lipinski definition) is 3. The molecule has 0 saturated heterocycles. The van der Waals surface area contributed by atoms with Gasteiger partial charge >= 0.3 is 0 Å². The standard InChI is InChI=1S/C23H25N3O3/c1-3-18(2)25(23(27)20-11-7-12-21(15-20)26(28)29)17-22-13-8-14-24(22)16-19-9-5-4-6-10-19/h4-15,18H,3,16-17H2,1-2H3. The third-order valence-electron chi connectivity index (χ3n) is 5.14. The number of aromatic nitrogens is 1. The smallest absolute Gasteiger partial charge is 0.270 e. The molecule has 2 aromatic carbocycles. The van der Waals surface area contributed by atoms with Gasteiger partial charge in [0.2, 0.25) is 0 Å². The Morgan fingerprint density at radius 3 is 2.55 bits per heavy atom. The number of benzene rings is 2. The van der Waals surface area contributed by atoms with Crippen molar-refractivity contribution in [1.29, 1.82) is 0 Å². The average molecular weight is 391 g/mol. The highest BCUT2D eigenvalue weighted by Crippen LogP contribution is 2.20. The largest absolute Gasteiger partial charge is 0.345 e. The minimum atomic E-state index is -0.477. The second-order valence-electron chi connectivity index (χ2n) is 7.11. The summed E-state index contributed by atoms with van der Waals surface area (Å²) >= 11 is 0. The molecule has 0 saturated carbocycles. The number of nitro benzene ring substituents is 1. The van der Waals surface area contributed by atoms with Crippen LogP contribution >= 0.6 is 0 Å². The van der Waals surface area contributed by atoms with E-state index in [4.69, 9.17) is 0 Å². The third-order valence-corrected chi connectivity index (χ3v) is 5.14. The number of carbonyl (C=O) groups excluding carboxylic acids is 1. The summed E-state index contributed by atoms with van der Waals surface area (Å²) in [6.07, 6.45) is 2.80. The molecule has 6 nitrogen and oxygen atoms in total. The van der Waals surface area contributed by atoms with Gasteiger partial charge in [0, 0.05) is 42.2 Å². The quantitative estimate of drug-likeness (QED) is 0.406. The Balaban J connectivity index is 1.86. The molecule has 0 aliphatic rings. The minimum absolute atomic E-state index is 0.00170. The van der Waals surface area contributed by atoms with Crippen LogP contribution in [0, 0.1) is 10.1 Å². The zero-order valence-corrected chi connectivity index (χ0v) is 16.7. The molecule has 0 N–H and O–H groups in total. The van der Waals surface area contributed by atoms with Crippen LogP contribution < -0.4 is 0 Å². The van der Waals surface area contributed by atoms with Crippen LogP contribution in [0.25, 0.3) is 0 Å². The molecule has 0 fully saturated rings. The second-order valence-corrected chi connectivity index (χ2v) is 7.11. The van der Waals surface area contributed by atoms with Crippen molar-refractivity contribution in [2.45, 2.75) is 39.4 Å². The molecule has 0 radical (unpaired) electrons. The Morgan fingerprint density at radius 2 is 1.86 bits per heavy atom. The van der Waals surface area contributed by atoms with E-state index in [0.717, 1.165) is 18.7 Å². The van der Waals surface area contributed by atoms with Gasteiger partial charge < -0.3 is 9.47 Å². The second kappa shape index (κ2) is 9.19. The number of amides is 1. The molecule has 1 unspecified atom stereocenters. The molecular weight excluding hydrogens is 366 g/mol. The van der Waals surface area contributed by atoms with Gasteiger partial charge in [0.25, 0.3) is 11.6 Å². The fourth-order valence-electron chi connectivity index (χ4n) is 3.27. The lowest BCUT2D eigenvalue weighted by molar-refractivity contribution is -0.384. The number of rotatable bonds is 8. The summed E-state index contributed by atoms with van der Waals surface area (Å²) in [6.45, 7) is 5.19. The van der Waals surface area contributed by atoms with Crippen molar-refractivity contribution < 1.29 is 9.72 Å². The normalized spacial score (nSPS) is 11.8. The zero-order valence-electron chi connectivity index (χ0n) is 16.7. The van der Waals surface area contributed by atoms with Crippen LogP contribution in [0.4, 0.5) is 5.69 Å². The fraction of sp³-hybridized carbons (Fsp3) is 0.261. The summed E-state index contributed by atoms with van der Waals surface area (Å²) in [5, 5.41) is 11.1.